The van der Waals surface area contributed by atoms with E-state index >= 15 is 0 Å². The molecule has 0 aliphatic rings. The Kier molecular flexibility index (Phi) is 7.63. The van der Waals surface area contributed by atoms with E-state index in [-0.39, 0.29) is 13.0 Å². The van der Waals surface area contributed by atoms with E-state index in [9.17, 15) is 13.2 Å². The number of hydrogen-bond donors (Lipinski definition) is 0. The second-order valence-electron chi connectivity index (χ2n) is 4.75. The molecule has 1 aromatic heterocycles. The van der Waals surface area contributed by atoms with E-state index in [0.717, 1.165) is 11.8 Å². The molecule has 0 unspecified atom stereocenters. The zero-order valence-corrected chi connectivity index (χ0v) is 14.5. The van der Waals surface area contributed by atoms with E-state index in [1.54, 1.807) is 24.0 Å². The predicted molar refractivity (Wildman–Crippen MR) is 82.8 cm³/mol. The van der Waals surface area contributed by atoms with Crippen LogP contribution in [-0.2, 0) is 25.9 Å². The Bertz CT molecular complexity index is 551. The van der Waals surface area contributed by atoms with Crippen LogP contribution in [-0.4, -0.2) is 41.8 Å². The molecule has 1 rings (SSSR count). The number of nitrogens with zero attached hydrogens (tertiary/aromatic N) is 2. The van der Waals surface area contributed by atoms with E-state index in [2.05, 4.69) is 5.10 Å². The van der Waals surface area contributed by atoms with E-state index in [1.165, 1.54) is 6.92 Å². The van der Waals surface area contributed by atoms with Crippen LogP contribution in [0.2, 0.25) is 0 Å². The number of ether oxygens (including phenoxy) is 1. The maximum absolute atomic E-state index is 11.9. The van der Waals surface area contributed by atoms with Crippen molar-refractivity contribution in [3.63, 3.8) is 0 Å². The van der Waals surface area contributed by atoms with Gasteiger partial charge in [0.2, 0.25) is 0 Å². The molecule has 0 aliphatic heterocycles. The summed E-state index contributed by atoms with van der Waals surface area (Å²) in [6, 6.07) is 0. The zero-order valence-electron chi connectivity index (χ0n) is 13.7. The summed E-state index contributed by atoms with van der Waals surface area (Å²) in [5.41, 5.74) is 0.984. The third-order valence-corrected chi connectivity index (χ3v) is 5.11. The quantitative estimate of drug-likeness (QED) is 0.749. The first-order valence-corrected chi connectivity index (χ1v) is 8.95. The summed E-state index contributed by atoms with van der Waals surface area (Å²) in [6.45, 7) is 9.44. The number of esters is 1. The predicted octanol–water partition coefficient (Wildman–Crippen LogP) is 1.97. The van der Waals surface area contributed by atoms with Gasteiger partial charge in [-0.1, -0.05) is 13.8 Å². The Morgan fingerprint density at radius 1 is 1.43 bits per heavy atom. The molecule has 1 aromatic rings. The van der Waals surface area contributed by atoms with E-state index in [0.29, 0.717) is 6.54 Å². The summed E-state index contributed by atoms with van der Waals surface area (Å²) in [7, 11) is -3.56. The Morgan fingerprint density at radius 2 is 2.00 bits per heavy atom. The maximum Gasteiger partial charge on any atom is 0.327 e. The SMILES string of the molecule is CC.CCOC(=O)[C@@](C)(CCn1cc(C)cn1)S(C)(=O)=O. The Morgan fingerprint density at radius 3 is 2.38 bits per heavy atom. The minimum atomic E-state index is -3.56. The highest BCUT2D eigenvalue weighted by atomic mass is 32.2. The average molecular weight is 318 g/mol. The molecule has 0 spiro atoms. The first-order chi connectivity index (χ1) is 9.70. The van der Waals surface area contributed by atoms with Gasteiger partial charge in [0, 0.05) is 19.0 Å². The zero-order chi connectivity index (χ0) is 16.7. The van der Waals surface area contributed by atoms with Crippen molar-refractivity contribution in [3.05, 3.63) is 18.0 Å². The Labute approximate surface area is 127 Å². The van der Waals surface area contributed by atoms with Gasteiger partial charge in [-0.05, 0) is 32.8 Å². The van der Waals surface area contributed by atoms with Gasteiger partial charge in [-0.2, -0.15) is 5.10 Å². The summed E-state index contributed by atoms with van der Waals surface area (Å²) in [4.78, 5) is 11.9. The highest BCUT2D eigenvalue weighted by molar-refractivity contribution is 7.92. The van der Waals surface area contributed by atoms with Crippen LogP contribution >= 0.6 is 0 Å². The molecule has 0 bridgehead atoms. The summed E-state index contributed by atoms with van der Waals surface area (Å²) in [5.74, 6) is -0.707. The molecule has 6 nitrogen and oxygen atoms in total. The van der Waals surface area contributed by atoms with Gasteiger partial charge in [-0.25, -0.2) is 8.42 Å². The number of aryl methyl sites for hydroxylation is 2. The van der Waals surface area contributed by atoms with Gasteiger partial charge >= 0.3 is 5.97 Å². The van der Waals surface area contributed by atoms with Gasteiger partial charge < -0.3 is 4.74 Å². The van der Waals surface area contributed by atoms with Crippen LogP contribution in [0.5, 0.6) is 0 Å². The Balaban J connectivity index is 0.00000191. The first kappa shape index (κ1) is 19.6. The minimum Gasteiger partial charge on any atom is -0.465 e. The number of aromatic nitrogens is 2. The molecule has 1 atom stereocenters. The number of rotatable bonds is 6. The lowest BCUT2D eigenvalue weighted by molar-refractivity contribution is -0.146. The van der Waals surface area contributed by atoms with Crippen LogP contribution in [0.25, 0.3) is 0 Å². The molecule has 1 heterocycles. The molecule has 0 saturated carbocycles. The standard InChI is InChI=1S/C12H20N2O4S.C2H6/c1-5-18-11(15)12(3,19(4,16)17)6-7-14-9-10(2)8-13-14;1-2/h8-9H,5-7H2,1-4H3;1-2H3/t12-;/m1./s1. The highest BCUT2D eigenvalue weighted by Gasteiger charge is 2.44. The fourth-order valence-electron chi connectivity index (χ4n) is 1.64. The number of sulfone groups is 1. The van der Waals surface area contributed by atoms with Crippen LogP contribution in [0.4, 0.5) is 0 Å². The molecule has 0 saturated heterocycles. The van der Waals surface area contributed by atoms with Gasteiger partial charge in [0.05, 0.1) is 12.8 Å². The van der Waals surface area contributed by atoms with Crippen molar-refractivity contribution in [2.45, 2.75) is 52.3 Å². The van der Waals surface area contributed by atoms with E-state index in [1.807, 2.05) is 20.8 Å². The molecule has 7 heteroatoms. The van der Waals surface area contributed by atoms with Crippen LogP contribution in [0.3, 0.4) is 0 Å². The molecule has 0 radical (unpaired) electrons. The van der Waals surface area contributed by atoms with Gasteiger partial charge in [0.1, 0.15) is 0 Å². The van der Waals surface area contributed by atoms with Crippen molar-refractivity contribution in [1.82, 2.24) is 9.78 Å². The largest absolute Gasteiger partial charge is 0.465 e. The lowest BCUT2D eigenvalue weighted by atomic mass is 10.1. The smallest absolute Gasteiger partial charge is 0.327 e. The lowest BCUT2D eigenvalue weighted by Crippen LogP contribution is -2.45. The minimum absolute atomic E-state index is 0.131. The summed E-state index contributed by atoms with van der Waals surface area (Å²) < 4.78 is 28.7. The molecular weight excluding hydrogens is 292 g/mol. The van der Waals surface area contributed by atoms with E-state index < -0.39 is 20.6 Å². The molecule has 0 amide bonds. The summed E-state index contributed by atoms with van der Waals surface area (Å²) in [5, 5.41) is 4.08. The average Bonchev–Trinajstić information content (AvgIpc) is 2.83. The van der Waals surface area contributed by atoms with Crippen LogP contribution in [0.1, 0.15) is 39.7 Å². The van der Waals surface area contributed by atoms with Gasteiger partial charge in [0.25, 0.3) is 0 Å². The van der Waals surface area contributed by atoms with Crippen molar-refractivity contribution in [3.8, 4) is 0 Å². The molecule has 0 fully saturated rings. The molecule has 0 N–H and O–H groups in total. The van der Waals surface area contributed by atoms with Gasteiger partial charge in [-0.15, -0.1) is 0 Å². The molecule has 0 aromatic carbocycles. The van der Waals surface area contributed by atoms with Crippen LogP contribution in [0, 0.1) is 6.92 Å². The fourth-order valence-corrected chi connectivity index (χ4v) is 2.46. The second-order valence-corrected chi connectivity index (χ2v) is 7.20. The third-order valence-electron chi connectivity index (χ3n) is 3.11. The van der Waals surface area contributed by atoms with Crippen LogP contribution in [0.15, 0.2) is 12.4 Å². The fraction of sp³-hybridized carbons (Fsp3) is 0.714. The molecule has 0 aliphatic carbocycles. The third kappa shape index (κ3) is 5.15. The molecular formula is C14H26N2O4S. The van der Waals surface area contributed by atoms with Gasteiger partial charge in [-0.3, -0.25) is 9.48 Å². The monoisotopic (exact) mass is 318 g/mol. The first-order valence-electron chi connectivity index (χ1n) is 7.06. The number of hydrogen-bond acceptors (Lipinski definition) is 5. The molecule has 21 heavy (non-hydrogen) atoms. The van der Waals surface area contributed by atoms with E-state index in [4.69, 9.17) is 4.74 Å². The topological polar surface area (TPSA) is 78.3 Å². The number of carbonyl (C=O) groups excluding carboxylic acids is 1. The maximum atomic E-state index is 11.9. The Hall–Kier alpha value is -1.37. The lowest BCUT2D eigenvalue weighted by Gasteiger charge is -2.25. The summed E-state index contributed by atoms with van der Waals surface area (Å²) in [6.07, 6.45) is 4.67. The number of carbonyl (C=O) groups is 1. The highest BCUT2D eigenvalue weighted by Crippen LogP contribution is 2.23. The van der Waals surface area contributed by atoms with Crippen molar-refractivity contribution in [2.24, 2.45) is 0 Å². The normalized spacial score (nSPS) is 13.8. The van der Waals surface area contributed by atoms with Crippen molar-refractivity contribution in [1.29, 1.82) is 0 Å². The second kappa shape index (κ2) is 8.17. The van der Waals surface area contributed by atoms with Crippen molar-refractivity contribution < 1.29 is 17.9 Å². The van der Waals surface area contributed by atoms with Crippen LogP contribution < -0.4 is 0 Å². The summed E-state index contributed by atoms with van der Waals surface area (Å²) >= 11 is 0. The van der Waals surface area contributed by atoms with Crippen molar-refractivity contribution in [2.75, 3.05) is 12.9 Å². The molecule has 122 valence electrons. The van der Waals surface area contributed by atoms with Crippen molar-refractivity contribution >= 4 is 15.8 Å². The van der Waals surface area contributed by atoms with Gasteiger partial charge in [0.15, 0.2) is 14.6 Å².